The van der Waals surface area contributed by atoms with Crippen LogP contribution in [0, 0.1) is 0 Å². The Hall–Kier alpha value is -1.40. The van der Waals surface area contributed by atoms with Crippen LogP contribution >= 0.6 is 0 Å². The standard InChI is InChI=1S/C10H16O6/c1-3-7-13-9(11)5-6-10(12)15-16-14-8-4-2/h4H,2-3,5-8H2,1H3. The van der Waals surface area contributed by atoms with Crippen LogP contribution in [0.3, 0.4) is 0 Å². The first kappa shape index (κ1) is 14.6. The topological polar surface area (TPSA) is 71.1 Å². The van der Waals surface area contributed by atoms with Gasteiger partial charge in [0.15, 0.2) is 0 Å². The van der Waals surface area contributed by atoms with E-state index in [9.17, 15) is 9.59 Å². The zero-order valence-corrected chi connectivity index (χ0v) is 9.27. The van der Waals surface area contributed by atoms with E-state index in [1.54, 1.807) is 0 Å². The first-order chi connectivity index (χ1) is 7.70. The maximum atomic E-state index is 11.0. The van der Waals surface area contributed by atoms with Crippen molar-refractivity contribution >= 4 is 11.9 Å². The molecule has 0 unspecified atom stereocenters. The zero-order chi connectivity index (χ0) is 12.2. The number of ether oxygens (including phenoxy) is 1. The smallest absolute Gasteiger partial charge is 0.346 e. The van der Waals surface area contributed by atoms with Gasteiger partial charge >= 0.3 is 11.9 Å². The minimum absolute atomic E-state index is 0.0380. The van der Waals surface area contributed by atoms with Crippen LogP contribution in [0.4, 0.5) is 0 Å². The molecule has 0 rings (SSSR count). The second-order valence-electron chi connectivity index (χ2n) is 2.82. The van der Waals surface area contributed by atoms with E-state index in [1.165, 1.54) is 6.08 Å². The minimum Gasteiger partial charge on any atom is -0.466 e. The first-order valence-electron chi connectivity index (χ1n) is 4.96. The molecule has 0 saturated carbocycles. The van der Waals surface area contributed by atoms with Gasteiger partial charge in [0.2, 0.25) is 0 Å². The van der Waals surface area contributed by atoms with E-state index in [4.69, 9.17) is 4.74 Å². The van der Waals surface area contributed by atoms with Gasteiger partial charge in [-0.1, -0.05) is 13.0 Å². The predicted octanol–water partition coefficient (Wildman–Crippen LogP) is 1.31. The zero-order valence-electron chi connectivity index (χ0n) is 9.27. The monoisotopic (exact) mass is 232 g/mol. The van der Waals surface area contributed by atoms with Gasteiger partial charge in [0.05, 0.1) is 19.4 Å². The van der Waals surface area contributed by atoms with Crippen LogP contribution < -0.4 is 0 Å². The normalized spacial score (nSPS) is 9.56. The highest BCUT2D eigenvalue weighted by Crippen LogP contribution is 1.97. The largest absolute Gasteiger partial charge is 0.466 e. The lowest BCUT2D eigenvalue weighted by Crippen LogP contribution is -2.11. The highest BCUT2D eigenvalue weighted by molar-refractivity contribution is 5.77. The molecule has 0 radical (unpaired) electrons. The minimum atomic E-state index is -0.697. The Kier molecular flexibility index (Phi) is 9.24. The second-order valence-corrected chi connectivity index (χ2v) is 2.82. The summed E-state index contributed by atoms with van der Waals surface area (Å²) in [4.78, 5) is 30.4. The molecule has 0 N–H and O–H groups in total. The van der Waals surface area contributed by atoms with E-state index in [2.05, 4.69) is 21.4 Å². The summed E-state index contributed by atoms with van der Waals surface area (Å²) in [6.07, 6.45) is 2.02. The molecule has 0 amide bonds. The maximum absolute atomic E-state index is 11.0. The number of rotatable bonds is 9. The fourth-order valence-electron chi connectivity index (χ4n) is 0.672. The fraction of sp³-hybridized carbons (Fsp3) is 0.600. The summed E-state index contributed by atoms with van der Waals surface area (Å²) in [5, 5.41) is 4.08. The summed E-state index contributed by atoms with van der Waals surface area (Å²) < 4.78 is 4.75. The van der Waals surface area contributed by atoms with Gasteiger partial charge in [-0.25, -0.2) is 4.79 Å². The van der Waals surface area contributed by atoms with Crippen molar-refractivity contribution in [2.45, 2.75) is 26.2 Å². The Bertz CT molecular complexity index is 225. The number of carbonyl (C=O) groups is 2. The van der Waals surface area contributed by atoms with E-state index in [0.29, 0.717) is 6.61 Å². The van der Waals surface area contributed by atoms with Crippen molar-refractivity contribution in [3.05, 3.63) is 12.7 Å². The van der Waals surface area contributed by atoms with Gasteiger partial charge < -0.3 is 4.74 Å². The third-order valence-electron chi connectivity index (χ3n) is 1.36. The van der Waals surface area contributed by atoms with Gasteiger partial charge in [-0.05, 0) is 11.5 Å². The van der Waals surface area contributed by atoms with Crippen LogP contribution in [0.25, 0.3) is 0 Å². The van der Waals surface area contributed by atoms with Crippen molar-refractivity contribution in [3.63, 3.8) is 0 Å². The molecular weight excluding hydrogens is 216 g/mol. The molecule has 0 bridgehead atoms. The predicted molar refractivity (Wildman–Crippen MR) is 53.8 cm³/mol. The molecule has 0 aliphatic carbocycles. The van der Waals surface area contributed by atoms with Gasteiger partial charge in [-0.3, -0.25) is 9.68 Å². The molecule has 6 heteroatoms. The average molecular weight is 232 g/mol. The van der Waals surface area contributed by atoms with Gasteiger partial charge in [0.25, 0.3) is 0 Å². The van der Waals surface area contributed by atoms with Crippen molar-refractivity contribution in [3.8, 4) is 0 Å². The van der Waals surface area contributed by atoms with E-state index >= 15 is 0 Å². The van der Waals surface area contributed by atoms with Gasteiger partial charge in [0.1, 0.15) is 6.61 Å². The van der Waals surface area contributed by atoms with Crippen molar-refractivity contribution in [1.29, 1.82) is 0 Å². The number of hydrogen-bond donors (Lipinski definition) is 0. The van der Waals surface area contributed by atoms with Crippen LogP contribution in [-0.2, 0) is 29.1 Å². The van der Waals surface area contributed by atoms with E-state index in [0.717, 1.165) is 6.42 Å². The number of esters is 1. The lowest BCUT2D eigenvalue weighted by molar-refractivity contribution is -0.482. The molecule has 0 heterocycles. The highest BCUT2D eigenvalue weighted by atomic mass is 17.5. The molecule has 0 saturated heterocycles. The molecule has 92 valence electrons. The van der Waals surface area contributed by atoms with Crippen LogP contribution in [0.1, 0.15) is 26.2 Å². The van der Waals surface area contributed by atoms with E-state index in [-0.39, 0.29) is 19.4 Å². The lowest BCUT2D eigenvalue weighted by Gasteiger charge is -2.02. The van der Waals surface area contributed by atoms with Crippen LogP contribution in [0.2, 0.25) is 0 Å². The average Bonchev–Trinajstić information content (AvgIpc) is 2.29. The molecule has 0 aliphatic heterocycles. The molecule has 0 fully saturated rings. The summed E-state index contributed by atoms with van der Waals surface area (Å²) in [7, 11) is 0. The molecular formula is C10H16O6. The fourth-order valence-corrected chi connectivity index (χ4v) is 0.672. The lowest BCUT2D eigenvalue weighted by atomic mass is 10.3. The SMILES string of the molecule is C=CCOOOC(=O)CCC(=O)OCCC. The Morgan fingerprint density at radius 2 is 1.94 bits per heavy atom. The quantitative estimate of drug-likeness (QED) is 0.196. The first-order valence-corrected chi connectivity index (χ1v) is 4.96. The molecule has 0 spiro atoms. The Morgan fingerprint density at radius 3 is 2.56 bits per heavy atom. The molecule has 0 atom stereocenters. The Morgan fingerprint density at radius 1 is 1.25 bits per heavy atom. The molecule has 0 aromatic carbocycles. The van der Waals surface area contributed by atoms with E-state index < -0.39 is 11.9 Å². The van der Waals surface area contributed by atoms with Crippen molar-refractivity contribution in [1.82, 2.24) is 0 Å². The van der Waals surface area contributed by atoms with Crippen LogP contribution in [0.15, 0.2) is 12.7 Å². The molecule has 0 aromatic heterocycles. The Labute approximate surface area is 94.0 Å². The molecule has 0 aromatic rings. The summed E-state index contributed by atoms with van der Waals surface area (Å²) in [5.41, 5.74) is 0. The van der Waals surface area contributed by atoms with Crippen LogP contribution in [0.5, 0.6) is 0 Å². The molecule has 0 aliphatic rings. The van der Waals surface area contributed by atoms with Crippen molar-refractivity contribution < 1.29 is 29.1 Å². The van der Waals surface area contributed by atoms with Crippen molar-refractivity contribution in [2.75, 3.05) is 13.2 Å². The summed E-state index contributed by atoms with van der Waals surface area (Å²) >= 11 is 0. The third-order valence-corrected chi connectivity index (χ3v) is 1.36. The summed E-state index contributed by atoms with van der Waals surface area (Å²) in [6.45, 7) is 5.70. The maximum Gasteiger partial charge on any atom is 0.346 e. The summed E-state index contributed by atoms with van der Waals surface area (Å²) in [5.74, 6) is -1.14. The van der Waals surface area contributed by atoms with Crippen LogP contribution in [-0.4, -0.2) is 25.2 Å². The van der Waals surface area contributed by atoms with Gasteiger partial charge in [0, 0.05) is 0 Å². The van der Waals surface area contributed by atoms with Crippen molar-refractivity contribution in [2.24, 2.45) is 0 Å². The van der Waals surface area contributed by atoms with Gasteiger partial charge in [-0.2, -0.15) is 4.89 Å². The summed E-state index contributed by atoms with van der Waals surface area (Å²) in [6, 6.07) is 0. The Balaban J connectivity index is 3.42. The second kappa shape index (κ2) is 10.1. The van der Waals surface area contributed by atoms with E-state index in [1.807, 2.05) is 6.92 Å². The highest BCUT2D eigenvalue weighted by Gasteiger charge is 2.09. The molecule has 16 heavy (non-hydrogen) atoms. The van der Waals surface area contributed by atoms with Gasteiger partial charge in [-0.15, -0.1) is 6.58 Å². The number of carbonyl (C=O) groups excluding carboxylic acids is 2. The number of hydrogen-bond acceptors (Lipinski definition) is 6. The third kappa shape index (κ3) is 9.17. The molecule has 6 nitrogen and oxygen atoms in total.